The van der Waals surface area contributed by atoms with Gasteiger partial charge in [0.15, 0.2) is 11.5 Å². The Labute approximate surface area is 120 Å². The second kappa shape index (κ2) is 5.49. The maximum absolute atomic E-state index is 9.77. The van der Waals surface area contributed by atoms with Gasteiger partial charge in [0.25, 0.3) is 0 Å². The predicted molar refractivity (Wildman–Crippen MR) is 78.5 cm³/mol. The Morgan fingerprint density at radius 2 is 2.20 bits per heavy atom. The fraction of sp³-hybridized carbons (Fsp3) is 0.529. The van der Waals surface area contributed by atoms with Crippen LogP contribution >= 0.6 is 0 Å². The number of ether oxygens (including phenoxy) is 2. The molecule has 0 bridgehead atoms. The number of benzene rings is 1. The Morgan fingerprint density at radius 3 is 2.95 bits per heavy atom. The Hall–Kier alpha value is -1.48. The van der Waals surface area contributed by atoms with Crippen molar-refractivity contribution in [1.29, 1.82) is 0 Å². The number of rotatable bonds is 4. The van der Waals surface area contributed by atoms with Crippen molar-refractivity contribution < 1.29 is 14.6 Å². The quantitative estimate of drug-likeness (QED) is 0.857. The highest BCUT2D eigenvalue weighted by molar-refractivity contribution is 5.57. The molecule has 0 fully saturated rings. The summed E-state index contributed by atoms with van der Waals surface area (Å²) in [7, 11) is 1.68. The maximum Gasteiger partial charge on any atom is 0.165 e. The van der Waals surface area contributed by atoms with Crippen LogP contribution in [0.1, 0.15) is 43.2 Å². The summed E-state index contributed by atoms with van der Waals surface area (Å²) >= 11 is 0. The van der Waals surface area contributed by atoms with E-state index in [1.54, 1.807) is 7.11 Å². The molecule has 0 spiro atoms. The molecule has 1 heterocycles. The van der Waals surface area contributed by atoms with Crippen molar-refractivity contribution in [3.05, 3.63) is 35.4 Å². The molecule has 3 atom stereocenters. The van der Waals surface area contributed by atoms with E-state index in [2.05, 4.69) is 19.1 Å². The Balaban J connectivity index is 2.02. The molecule has 0 saturated heterocycles. The number of fused-ring (bicyclic) bond motifs is 3. The normalized spacial score (nSPS) is 26.9. The predicted octanol–water partition coefficient (Wildman–Crippen LogP) is 3.20. The molecule has 2 aliphatic rings. The van der Waals surface area contributed by atoms with E-state index in [0.717, 1.165) is 17.9 Å². The highest BCUT2D eigenvalue weighted by Crippen LogP contribution is 2.49. The third kappa shape index (κ3) is 2.20. The van der Waals surface area contributed by atoms with E-state index >= 15 is 0 Å². The largest absolute Gasteiger partial charge is 0.493 e. The van der Waals surface area contributed by atoms with Crippen molar-refractivity contribution >= 4 is 0 Å². The topological polar surface area (TPSA) is 38.7 Å². The van der Waals surface area contributed by atoms with Crippen LogP contribution in [0.2, 0.25) is 0 Å². The summed E-state index contributed by atoms with van der Waals surface area (Å²) in [5.41, 5.74) is 2.63. The Morgan fingerprint density at radius 1 is 1.35 bits per heavy atom. The average molecular weight is 274 g/mol. The fourth-order valence-electron chi connectivity index (χ4n) is 3.24. The first-order valence-corrected chi connectivity index (χ1v) is 7.47. The monoisotopic (exact) mass is 274 g/mol. The van der Waals surface area contributed by atoms with E-state index in [1.165, 1.54) is 24.0 Å². The zero-order valence-electron chi connectivity index (χ0n) is 12.1. The van der Waals surface area contributed by atoms with Gasteiger partial charge in [0.05, 0.1) is 13.2 Å². The van der Waals surface area contributed by atoms with Crippen molar-refractivity contribution in [2.24, 2.45) is 0 Å². The van der Waals surface area contributed by atoms with Crippen LogP contribution in [0.15, 0.2) is 24.3 Å². The number of hydrogen-bond acceptors (Lipinski definition) is 3. The lowest BCUT2D eigenvalue weighted by Crippen LogP contribution is -2.27. The van der Waals surface area contributed by atoms with E-state index in [9.17, 15) is 5.11 Å². The average Bonchev–Trinajstić information content (AvgIpc) is 2.83. The van der Waals surface area contributed by atoms with E-state index in [-0.39, 0.29) is 12.0 Å². The maximum atomic E-state index is 9.77. The van der Waals surface area contributed by atoms with E-state index in [0.29, 0.717) is 6.42 Å². The molecule has 0 aromatic heterocycles. The van der Waals surface area contributed by atoms with Crippen LogP contribution in [0, 0.1) is 0 Å². The van der Waals surface area contributed by atoms with Gasteiger partial charge in [-0.2, -0.15) is 0 Å². The summed E-state index contributed by atoms with van der Waals surface area (Å²) < 4.78 is 11.5. The molecule has 1 unspecified atom stereocenters. The first-order valence-electron chi connectivity index (χ1n) is 7.47. The fourth-order valence-corrected chi connectivity index (χ4v) is 3.24. The van der Waals surface area contributed by atoms with Gasteiger partial charge in [-0.3, -0.25) is 0 Å². The molecule has 1 aliphatic carbocycles. The third-order valence-electron chi connectivity index (χ3n) is 4.29. The van der Waals surface area contributed by atoms with E-state index in [4.69, 9.17) is 9.47 Å². The lowest BCUT2D eigenvalue weighted by molar-refractivity contribution is 0.117. The molecule has 108 valence electrons. The lowest BCUT2D eigenvalue weighted by Gasteiger charge is -2.23. The molecule has 3 heteroatoms. The SMILES string of the molecule is CCCCc1ccc(OC)c2c1C1C=C[C@@H](O)C[C@@H]1O2. The van der Waals surface area contributed by atoms with Gasteiger partial charge in [0, 0.05) is 17.9 Å². The molecule has 3 rings (SSSR count). The number of hydrogen-bond donors (Lipinski definition) is 1. The molecule has 1 N–H and O–H groups in total. The molecule has 0 radical (unpaired) electrons. The van der Waals surface area contributed by atoms with E-state index < -0.39 is 6.10 Å². The number of aliphatic hydroxyl groups is 1. The summed E-state index contributed by atoms with van der Waals surface area (Å²) in [5.74, 6) is 1.95. The highest BCUT2D eigenvalue weighted by atomic mass is 16.5. The summed E-state index contributed by atoms with van der Waals surface area (Å²) in [5, 5.41) is 9.77. The second-order valence-corrected chi connectivity index (χ2v) is 5.64. The zero-order chi connectivity index (χ0) is 14.1. The lowest BCUT2D eigenvalue weighted by atomic mass is 9.84. The second-order valence-electron chi connectivity index (χ2n) is 5.64. The zero-order valence-corrected chi connectivity index (χ0v) is 12.1. The van der Waals surface area contributed by atoms with Crippen LogP contribution in [0.4, 0.5) is 0 Å². The van der Waals surface area contributed by atoms with Gasteiger partial charge in [-0.05, 0) is 24.5 Å². The van der Waals surface area contributed by atoms with Crippen molar-refractivity contribution in [3.63, 3.8) is 0 Å². The number of methoxy groups -OCH3 is 1. The summed E-state index contributed by atoms with van der Waals surface area (Å²) in [6.07, 6.45) is 7.74. The molecule has 1 aromatic carbocycles. The van der Waals surface area contributed by atoms with Gasteiger partial charge in [0.1, 0.15) is 6.10 Å². The first kappa shape index (κ1) is 13.5. The van der Waals surface area contributed by atoms with Crippen molar-refractivity contribution in [1.82, 2.24) is 0 Å². The third-order valence-corrected chi connectivity index (χ3v) is 4.29. The molecule has 20 heavy (non-hydrogen) atoms. The highest BCUT2D eigenvalue weighted by Gasteiger charge is 2.39. The minimum atomic E-state index is -0.393. The van der Waals surface area contributed by atoms with Crippen LogP contribution in [-0.4, -0.2) is 24.4 Å². The molecule has 3 nitrogen and oxygen atoms in total. The summed E-state index contributed by atoms with van der Waals surface area (Å²) in [6, 6.07) is 4.17. The van der Waals surface area contributed by atoms with Crippen molar-refractivity contribution in [2.45, 2.75) is 50.7 Å². The number of aliphatic hydroxyl groups excluding tert-OH is 1. The summed E-state index contributed by atoms with van der Waals surface area (Å²) in [4.78, 5) is 0. The molecular weight excluding hydrogens is 252 g/mol. The van der Waals surface area contributed by atoms with Gasteiger partial charge in [-0.1, -0.05) is 31.6 Å². The number of unbranched alkanes of at least 4 members (excludes halogenated alkanes) is 1. The standard InChI is InChI=1S/C17H22O3/c1-3-4-5-11-6-9-14(19-2)17-16(11)13-8-7-12(18)10-15(13)20-17/h6-9,12-13,15,18H,3-5,10H2,1-2H3/t12-,13?,15+/m1/s1. The van der Waals surface area contributed by atoms with Crippen molar-refractivity contribution in [3.8, 4) is 11.5 Å². The molecular formula is C17H22O3. The van der Waals surface area contributed by atoms with Gasteiger partial charge < -0.3 is 14.6 Å². The van der Waals surface area contributed by atoms with Crippen LogP contribution in [-0.2, 0) is 6.42 Å². The van der Waals surface area contributed by atoms with Crippen LogP contribution < -0.4 is 9.47 Å². The Kier molecular flexibility index (Phi) is 3.70. The minimum Gasteiger partial charge on any atom is -0.493 e. The van der Waals surface area contributed by atoms with Gasteiger partial charge in [0.2, 0.25) is 0 Å². The Bertz CT molecular complexity index is 521. The molecule has 0 amide bonds. The minimum absolute atomic E-state index is 0.0432. The molecule has 1 aliphatic heterocycles. The van der Waals surface area contributed by atoms with Gasteiger partial charge in [-0.15, -0.1) is 0 Å². The van der Waals surface area contributed by atoms with Crippen LogP contribution in [0.25, 0.3) is 0 Å². The van der Waals surface area contributed by atoms with Crippen LogP contribution in [0.5, 0.6) is 11.5 Å². The smallest absolute Gasteiger partial charge is 0.165 e. The molecule has 1 aromatic rings. The first-order chi connectivity index (χ1) is 9.74. The molecule has 0 saturated carbocycles. The van der Waals surface area contributed by atoms with E-state index in [1.807, 2.05) is 12.1 Å². The number of aryl methyl sites for hydroxylation is 1. The van der Waals surface area contributed by atoms with Crippen molar-refractivity contribution in [2.75, 3.05) is 7.11 Å². The van der Waals surface area contributed by atoms with Gasteiger partial charge in [-0.25, -0.2) is 0 Å². The van der Waals surface area contributed by atoms with Gasteiger partial charge >= 0.3 is 0 Å². The summed E-state index contributed by atoms with van der Waals surface area (Å²) in [6.45, 7) is 2.21. The van der Waals surface area contributed by atoms with Crippen LogP contribution in [0.3, 0.4) is 0 Å².